The molecule has 0 atom stereocenters. The minimum Gasteiger partial charge on any atom is -0.426 e. The molecule has 1 fully saturated rings. The molecule has 2 aliphatic rings. The molecule has 3 nitrogen and oxygen atoms in total. The summed E-state index contributed by atoms with van der Waals surface area (Å²) < 4.78 is 18.3. The lowest BCUT2D eigenvalue weighted by Gasteiger charge is -2.34. The second-order valence-electron chi connectivity index (χ2n) is 9.44. The van der Waals surface area contributed by atoms with E-state index in [0.29, 0.717) is 13.2 Å². The molecule has 0 N–H and O–H groups in total. The van der Waals surface area contributed by atoms with Gasteiger partial charge in [-0.3, -0.25) is 0 Å². The summed E-state index contributed by atoms with van der Waals surface area (Å²) in [6.45, 7) is 14.6. The summed E-state index contributed by atoms with van der Waals surface area (Å²) in [6.07, 6.45) is 7.20. The summed E-state index contributed by atoms with van der Waals surface area (Å²) in [5, 5.41) is 0. The summed E-state index contributed by atoms with van der Waals surface area (Å²) in [5.74, 6) is 0.960. The van der Waals surface area contributed by atoms with E-state index in [1.807, 2.05) is 0 Å². The van der Waals surface area contributed by atoms with Crippen molar-refractivity contribution in [2.75, 3.05) is 13.2 Å². The number of aryl methyl sites for hydroxylation is 1. The van der Waals surface area contributed by atoms with Gasteiger partial charge in [0.25, 0.3) is 0 Å². The fraction of sp³-hybridized carbons (Fsp3) is 0.636. The highest BCUT2D eigenvalue weighted by Gasteiger charge is 2.33. The van der Waals surface area contributed by atoms with E-state index in [0.717, 1.165) is 18.6 Å². The molecule has 0 bridgehead atoms. The molecule has 0 amide bonds. The molecule has 1 saturated heterocycles. The van der Waals surface area contributed by atoms with Gasteiger partial charge in [-0.2, -0.15) is 0 Å². The van der Waals surface area contributed by atoms with Crippen LogP contribution in [0.2, 0.25) is 0 Å². The van der Waals surface area contributed by atoms with Crippen LogP contribution in [0, 0.1) is 12.3 Å². The fourth-order valence-corrected chi connectivity index (χ4v) is 4.85. The SMILES string of the molecule is Cc1cc(C2=CCCCC2)c(OP2OCC(C)(C)CO2)c(C(C)(C)C)c1. The number of benzene rings is 1. The Morgan fingerprint density at radius 1 is 1.08 bits per heavy atom. The second kappa shape index (κ2) is 7.62. The van der Waals surface area contributed by atoms with Gasteiger partial charge in [-0.15, -0.1) is 0 Å². The molecule has 1 heterocycles. The van der Waals surface area contributed by atoms with Crippen LogP contribution in [0.1, 0.15) is 77.0 Å². The van der Waals surface area contributed by atoms with E-state index in [9.17, 15) is 0 Å². The number of hydrogen-bond acceptors (Lipinski definition) is 3. The molecule has 0 spiro atoms. The first-order valence-electron chi connectivity index (χ1n) is 9.74. The van der Waals surface area contributed by atoms with Crippen LogP contribution < -0.4 is 4.52 Å². The molecule has 26 heavy (non-hydrogen) atoms. The Balaban J connectivity index is 1.99. The lowest BCUT2D eigenvalue weighted by Crippen LogP contribution is -2.29. The van der Waals surface area contributed by atoms with Gasteiger partial charge in [0, 0.05) is 16.5 Å². The van der Waals surface area contributed by atoms with Gasteiger partial charge in [0.05, 0.1) is 13.2 Å². The Hall–Kier alpha value is -0.890. The zero-order valence-electron chi connectivity index (χ0n) is 17.1. The van der Waals surface area contributed by atoms with Gasteiger partial charge in [-0.05, 0) is 55.2 Å². The van der Waals surface area contributed by atoms with Gasteiger partial charge in [-0.25, -0.2) is 0 Å². The molecule has 1 aromatic carbocycles. The molecular formula is C22H33O3P. The highest BCUT2D eigenvalue weighted by Crippen LogP contribution is 2.51. The third-order valence-corrected chi connectivity index (χ3v) is 5.98. The lowest BCUT2D eigenvalue weighted by molar-refractivity contribution is 0.0424. The van der Waals surface area contributed by atoms with E-state index in [4.69, 9.17) is 13.6 Å². The number of hydrogen-bond donors (Lipinski definition) is 0. The van der Waals surface area contributed by atoms with Crippen molar-refractivity contribution in [3.8, 4) is 5.75 Å². The summed E-state index contributed by atoms with van der Waals surface area (Å²) in [7, 11) is -1.34. The summed E-state index contributed by atoms with van der Waals surface area (Å²) in [6, 6.07) is 4.52. The van der Waals surface area contributed by atoms with Gasteiger partial charge in [0.2, 0.25) is 0 Å². The second-order valence-corrected chi connectivity index (χ2v) is 10.6. The van der Waals surface area contributed by atoms with Crippen LogP contribution in [0.3, 0.4) is 0 Å². The standard InChI is InChI=1S/C22H33O3P/c1-16-12-18(17-10-8-7-9-11-17)20(19(13-16)21(2,3)4)25-26-23-14-22(5,6)15-24-26/h10,12-13H,7-9,11,14-15H2,1-6H3. The maximum atomic E-state index is 6.43. The van der Waals surface area contributed by atoms with E-state index in [1.54, 1.807) is 0 Å². The third-order valence-electron chi connectivity index (χ3n) is 4.97. The van der Waals surface area contributed by atoms with E-state index < -0.39 is 8.60 Å². The quantitative estimate of drug-likeness (QED) is 0.535. The smallest absolute Gasteiger partial charge is 0.397 e. The lowest BCUT2D eigenvalue weighted by atomic mass is 9.82. The molecule has 1 aliphatic carbocycles. The van der Waals surface area contributed by atoms with Gasteiger partial charge >= 0.3 is 8.60 Å². The van der Waals surface area contributed by atoms with Crippen molar-refractivity contribution >= 4 is 14.2 Å². The first-order valence-corrected chi connectivity index (χ1v) is 10.8. The average molecular weight is 376 g/mol. The van der Waals surface area contributed by atoms with Crippen LogP contribution in [0.5, 0.6) is 5.75 Å². The van der Waals surface area contributed by atoms with Crippen LogP contribution in [0.15, 0.2) is 18.2 Å². The zero-order valence-corrected chi connectivity index (χ0v) is 18.0. The molecule has 0 radical (unpaired) electrons. The topological polar surface area (TPSA) is 27.7 Å². The van der Waals surface area contributed by atoms with Crippen molar-refractivity contribution in [3.63, 3.8) is 0 Å². The zero-order chi connectivity index (χ0) is 18.9. The van der Waals surface area contributed by atoms with Gasteiger partial charge in [-0.1, -0.05) is 46.8 Å². The number of rotatable bonds is 3. The van der Waals surface area contributed by atoms with Crippen LogP contribution in [-0.2, 0) is 14.5 Å². The van der Waals surface area contributed by atoms with E-state index in [2.05, 4.69) is 59.8 Å². The first-order chi connectivity index (χ1) is 12.2. The molecular weight excluding hydrogens is 343 g/mol. The predicted molar refractivity (Wildman–Crippen MR) is 110 cm³/mol. The van der Waals surface area contributed by atoms with Crippen LogP contribution >= 0.6 is 8.60 Å². The maximum Gasteiger partial charge on any atom is 0.397 e. The van der Waals surface area contributed by atoms with Crippen molar-refractivity contribution in [2.24, 2.45) is 5.41 Å². The Bertz CT molecular complexity index is 675. The van der Waals surface area contributed by atoms with E-state index >= 15 is 0 Å². The van der Waals surface area contributed by atoms with Crippen LogP contribution in [-0.4, -0.2) is 13.2 Å². The van der Waals surface area contributed by atoms with Gasteiger partial charge in [0.1, 0.15) is 5.75 Å². The summed E-state index contributed by atoms with van der Waals surface area (Å²) in [4.78, 5) is 0. The van der Waals surface area contributed by atoms with Gasteiger partial charge < -0.3 is 13.6 Å². The summed E-state index contributed by atoms with van der Waals surface area (Å²) in [5.41, 5.74) is 5.20. The van der Waals surface area contributed by atoms with Crippen LogP contribution in [0.25, 0.3) is 5.57 Å². The van der Waals surface area contributed by atoms with Crippen molar-refractivity contribution in [1.29, 1.82) is 0 Å². The Labute approximate surface area is 160 Å². The average Bonchev–Trinajstić information content (AvgIpc) is 2.57. The predicted octanol–water partition coefficient (Wildman–Crippen LogP) is 6.93. The number of allylic oxidation sites excluding steroid dienone is 2. The van der Waals surface area contributed by atoms with Crippen molar-refractivity contribution in [1.82, 2.24) is 0 Å². The molecule has 144 valence electrons. The van der Waals surface area contributed by atoms with Crippen LogP contribution in [0.4, 0.5) is 0 Å². The molecule has 0 saturated carbocycles. The Morgan fingerprint density at radius 2 is 1.77 bits per heavy atom. The fourth-order valence-electron chi connectivity index (χ4n) is 3.41. The van der Waals surface area contributed by atoms with Crippen molar-refractivity contribution < 1.29 is 13.6 Å². The van der Waals surface area contributed by atoms with Crippen molar-refractivity contribution in [3.05, 3.63) is 34.9 Å². The summed E-state index contributed by atoms with van der Waals surface area (Å²) >= 11 is 0. The molecule has 4 heteroatoms. The molecule has 1 aliphatic heterocycles. The highest BCUT2D eigenvalue weighted by atomic mass is 31.2. The molecule has 0 unspecified atom stereocenters. The van der Waals surface area contributed by atoms with Crippen molar-refractivity contribution in [2.45, 2.75) is 72.6 Å². The largest absolute Gasteiger partial charge is 0.426 e. The van der Waals surface area contributed by atoms with E-state index in [1.165, 1.54) is 35.1 Å². The monoisotopic (exact) mass is 376 g/mol. The minimum atomic E-state index is -1.34. The Morgan fingerprint density at radius 3 is 2.35 bits per heavy atom. The minimum absolute atomic E-state index is 0.00424. The maximum absolute atomic E-state index is 6.43. The van der Waals surface area contributed by atoms with E-state index in [-0.39, 0.29) is 10.8 Å². The third kappa shape index (κ3) is 4.68. The van der Waals surface area contributed by atoms with Gasteiger partial charge in [0.15, 0.2) is 0 Å². The first kappa shape index (κ1) is 19.9. The normalized spacial score (nSPS) is 21.4. The highest BCUT2D eigenvalue weighted by molar-refractivity contribution is 7.42. The molecule has 1 aromatic rings. The Kier molecular flexibility index (Phi) is 5.82. The molecule has 3 rings (SSSR count). The molecule has 0 aromatic heterocycles.